The second-order valence-electron chi connectivity index (χ2n) is 23.7. The molecule has 0 aliphatic heterocycles. The zero-order chi connectivity index (χ0) is 66.7. The van der Waals surface area contributed by atoms with Gasteiger partial charge in [0, 0.05) is 71.4 Å². The Morgan fingerprint density at radius 3 is 0.848 bits per heavy atom. The Labute approximate surface area is 579 Å². The van der Waals surface area contributed by atoms with Gasteiger partial charge in [0.1, 0.15) is 4.60 Å². The Balaban J connectivity index is 0.000000134. The summed E-state index contributed by atoms with van der Waals surface area (Å²) in [7, 11) is -8.90. The van der Waals surface area contributed by atoms with E-state index in [1.54, 1.807) is 84.9 Å². The standard InChI is InChI=1S/C41H27N3O2S.C30H21BN2O2.C11H8BrNO2S.CH3/c45-47(46,31-13-2-1-3-14-31)41-24-12-19-36(42-41)28-25-29(43-37-20-8-4-15-32(37)33-16-5-9-21-38(33)43)27-30(26-28)44-39-22-10-6-17-34(39)35-18-7-11-23-40(35)44;34-31(35)20-17-21(32-27-13-5-1-9-23(27)24-10-2-6-14-28(24)32)19-22(18-20)33-29-15-7-3-11-25(29)26-12-4-8-16-30(26)33;12-10-7-4-8-11(13-10)16(14,15)9-5-2-1-3-6-9;/h1-27H;1-19,34-35H;1-8H;1H3/q;;;-1. The summed E-state index contributed by atoms with van der Waals surface area (Å²) in [5, 5.41) is 29.9. The lowest BCUT2D eigenvalue weighted by Gasteiger charge is -2.16. The first-order valence-electron chi connectivity index (χ1n) is 31.7. The predicted molar refractivity (Wildman–Crippen MR) is 405 cm³/mol. The van der Waals surface area contributed by atoms with Crippen molar-refractivity contribution < 1.29 is 26.9 Å². The number of hydrogen-bond donors (Lipinski definition) is 2. The number of pyridine rings is 2. The van der Waals surface area contributed by atoms with Gasteiger partial charge in [-0.15, -0.1) is 0 Å². The molecule has 0 amide bonds. The summed E-state index contributed by atoms with van der Waals surface area (Å²) < 4.78 is 61.0. The van der Waals surface area contributed by atoms with Crippen molar-refractivity contribution >= 4 is 135 Å². The highest BCUT2D eigenvalue weighted by Crippen LogP contribution is 2.40. The van der Waals surface area contributed by atoms with Crippen LogP contribution in [0.15, 0.2) is 352 Å². The molecule has 0 atom stereocenters. The van der Waals surface area contributed by atoms with Crippen LogP contribution in [0.4, 0.5) is 0 Å². The number of nitrogens with zero attached hydrogens (tertiary/aromatic N) is 6. The smallest absolute Gasteiger partial charge is 0.423 e. The van der Waals surface area contributed by atoms with E-state index in [1.165, 1.54) is 27.6 Å². The highest BCUT2D eigenvalue weighted by molar-refractivity contribution is 9.10. The van der Waals surface area contributed by atoms with Gasteiger partial charge in [0.15, 0.2) is 10.1 Å². The Morgan fingerprint density at radius 1 is 0.293 bits per heavy atom. The van der Waals surface area contributed by atoms with E-state index < -0.39 is 26.8 Å². The Bertz CT molecular complexity index is 5900. The Morgan fingerprint density at radius 2 is 0.556 bits per heavy atom. The van der Waals surface area contributed by atoms with E-state index in [-0.39, 0.29) is 27.3 Å². The molecule has 2 N–H and O–H groups in total. The van der Waals surface area contributed by atoms with Gasteiger partial charge in [-0.05, 0) is 155 Å². The first-order valence-corrected chi connectivity index (χ1v) is 35.5. The average molecular weight is 1390 g/mol. The van der Waals surface area contributed by atoms with Crippen molar-refractivity contribution in [2.24, 2.45) is 0 Å². The number of sulfone groups is 2. The summed E-state index contributed by atoms with van der Waals surface area (Å²) in [5.74, 6) is 0. The summed E-state index contributed by atoms with van der Waals surface area (Å²) in [6.07, 6.45) is 0. The van der Waals surface area contributed by atoms with Gasteiger partial charge in [0.25, 0.3) is 0 Å². The zero-order valence-corrected chi connectivity index (χ0v) is 56.4. The van der Waals surface area contributed by atoms with Crippen molar-refractivity contribution in [1.29, 1.82) is 0 Å². The van der Waals surface area contributed by atoms with Gasteiger partial charge in [0.05, 0.1) is 59.6 Å². The molecule has 0 fully saturated rings. The Hall–Kier alpha value is -11.5. The number of hydrogen-bond acceptors (Lipinski definition) is 8. The number of halogens is 1. The lowest BCUT2D eigenvalue weighted by atomic mass is 9.80. The SMILES string of the molecule is O=S(=O)(c1ccccc1)c1cccc(-c2cc(-n3c4ccccc4c4ccccc43)cc(-n3c4ccccc4c4ccccc43)c2)n1.O=S(=O)(c1ccccc1)c1cccc(Br)n1.OB(O)c1cc(-n2c3ccccc3c3ccccc32)cc(-n2c3ccccc3c3ccccc32)c1.[CH3-]. The van der Waals surface area contributed by atoms with Gasteiger partial charge in [-0.2, -0.15) is 0 Å². The first kappa shape index (κ1) is 63.6. The van der Waals surface area contributed by atoms with Crippen LogP contribution in [-0.4, -0.2) is 62.2 Å². The quantitative estimate of drug-likeness (QED) is 0.0779. The van der Waals surface area contributed by atoms with Crippen molar-refractivity contribution in [2.45, 2.75) is 19.8 Å². The molecular weight excluding hydrogens is 1330 g/mol. The Kier molecular flexibility index (Phi) is 16.8. The molecule has 12 nitrogen and oxygen atoms in total. The molecule has 0 spiro atoms. The molecule has 0 saturated heterocycles. The molecule has 0 aliphatic rings. The molecule has 480 valence electrons. The maximum absolute atomic E-state index is 13.6. The second kappa shape index (κ2) is 26.2. The highest BCUT2D eigenvalue weighted by atomic mass is 79.9. The number of fused-ring (bicyclic) bond motifs is 12. The average Bonchev–Trinajstić information content (AvgIpc) is 1.60. The molecule has 12 aromatic carbocycles. The van der Waals surface area contributed by atoms with E-state index in [0.717, 1.165) is 94.0 Å². The third kappa shape index (κ3) is 11.4. The number of aromatic nitrogens is 6. The fourth-order valence-corrected chi connectivity index (χ4v) is 16.5. The molecule has 0 bridgehead atoms. The maximum atomic E-state index is 13.6. The van der Waals surface area contributed by atoms with Crippen LogP contribution in [0.3, 0.4) is 0 Å². The van der Waals surface area contributed by atoms with Gasteiger partial charge in [-0.1, -0.05) is 194 Å². The zero-order valence-electron chi connectivity index (χ0n) is 53.2. The molecule has 6 heterocycles. The second-order valence-corrected chi connectivity index (χ2v) is 28.3. The maximum Gasteiger partial charge on any atom is 0.488 e. The minimum absolute atomic E-state index is 0. The van der Waals surface area contributed by atoms with E-state index in [2.05, 4.69) is 233 Å². The van der Waals surface area contributed by atoms with E-state index in [9.17, 15) is 26.9 Å². The van der Waals surface area contributed by atoms with Crippen LogP contribution < -0.4 is 5.46 Å². The van der Waals surface area contributed by atoms with Crippen LogP contribution in [0.2, 0.25) is 0 Å². The van der Waals surface area contributed by atoms with Gasteiger partial charge in [0.2, 0.25) is 19.7 Å². The minimum atomic E-state index is -3.81. The molecule has 18 aromatic rings. The van der Waals surface area contributed by atoms with Gasteiger partial charge in [-0.25, -0.2) is 26.8 Å². The summed E-state index contributed by atoms with van der Waals surface area (Å²) >= 11 is 3.15. The molecule has 18 rings (SSSR count). The van der Waals surface area contributed by atoms with E-state index in [0.29, 0.717) is 15.8 Å². The van der Waals surface area contributed by atoms with E-state index in [4.69, 9.17) is 4.98 Å². The van der Waals surface area contributed by atoms with Crippen LogP contribution in [0, 0.1) is 7.43 Å². The third-order valence-corrected chi connectivity index (χ3v) is 21.6. The van der Waals surface area contributed by atoms with Crippen molar-refractivity contribution in [2.75, 3.05) is 0 Å². The molecule has 0 saturated carbocycles. The summed E-state index contributed by atoms with van der Waals surface area (Å²) in [4.78, 5) is 9.20. The monoisotopic (exact) mass is 1390 g/mol. The largest absolute Gasteiger partial charge is 0.488 e. The fourth-order valence-electron chi connectivity index (χ4n) is 13.5. The lowest BCUT2D eigenvalue weighted by molar-refractivity contribution is 0.425. The number of rotatable bonds is 10. The van der Waals surface area contributed by atoms with Crippen LogP contribution in [0.5, 0.6) is 0 Å². The molecule has 0 radical (unpaired) electrons. The van der Waals surface area contributed by atoms with Crippen LogP contribution in [-0.2, 0) is 19.7 Å². The minimum Gasteiger partial charge on any atom is -0.423 e. The molecular formula is C83H59BBrN6O6S2-. The summed E-state index contributed by atoms with van der Waals surface area (Å²) in [5.41, 5.74) is 14.2. The molecule has 0 aliphatic carbocycles. The van der Waals surface area contributed by atoms with Crippen molar-refractivity contribution in [3.8, 4) is 34.0 Å². The number of benzene rings is 12. The van der Waals surface area contributed by atoms with Crippen LogP contribution >= 0.6 is 15.9 Å². The van der Waals surface area contributed by atoms with Gasteiger partial charge in [-0.3, -0.25) is 0 Å². The van der Waals surface area contributed by atoms with Crippen molar-refractivity contribution in [3.63, 3.8) is 0 Å². The normalized spacial score (nSPS) is 11.7. The van der Waals surface area contributed by atoms with Gasteiger partial charge >= 0.3 is 7.12 Å². The molecule has 99 heavy (non-hydrogen) atoms. The number of para-hydroxylation sites is 8. The third-order valence-electron chi connectivity index (χ3n) is 17.8. The van der Waals surface area contributed by atoms with E-state index >= 15 is 0 Å². The molecule has 0 unspecified atom stereocenters. The highest BCUT2D eigenvalue weighted by Gasteiger charge is 2.24. The van der Waals surface area contributed by atoms with Crippen LogP contribution in [0.25, 0.3) is 121 Å². The van der Waals surface area contributed by atoms with Crippen molar-refractivity contribution in [3.05, 3.63) is 340 Å². The predicted octanol–water partition coefficient (Wildman–Crippen LogP) is 18.5. The van der Waals surface area contributed by atoms with Crippen molar-refractivity contribution in [1.82, 2.24) is 28.2 Å². The van der Waals surface area contributed by atoms with Crippen LogP contribution in [0.1, 0.15) is 0 Å². The first-order chi connectivity index (χ1) is 47.9. The fraction of sp³-hybridized carbons (Fsp3) is 0. The summed E-state index contributed by atoms with van der Waals surface area (Å²) in [6, 6.07) is 106. The molecule has 16 heteroatoms. The van der Waals surface area contributed by atoms with E-state index in [1.807, 2.05) is 42.5 Å². The van der Waals surface area contributed by atoms with Gasteiger partial charge < -0.3 is 35.7 Å². The topological polar surface area (TPSA) is 154 Å². The molecule has 6 aromatic heterocycles. The lowest BCUT2D eigenvalue weighted by Crippen LogP contribution is -2.30. The summed E-state index contributed by atoms with van der Waals surface area (Å²) in [6.45, 7) is 0.